The largest absolute Gasteiger partial charge is 0.353 e. The number of aryl methyl sites for hydroxylation is 1. The second-order valence-electron chi connectivity index (χ2n) is 8.02. The van der Waals surface area contributed by atoms with Gasteiger partial charge >= 0.3 is 0 Å². The van der Waals surface area contributed by atoms with Crippen LogP contribution in [0.4, 0.5) is 11.8 Å². The molecule has 4 heterocycles. The van der Waals surface area contributed by atoms with Crippen molar-refractivity contribution in [3.63, 3.8) is 0 Å². The molecule has 0 unspecified atom stereocenters. The molecule has 0 saturated carbocycles. The Morgan fingerprint density at radius 2 is 1.59 bits per heavy atom. The molecule has 1 aromatic carbocycles. The number of hydrogen-bond acceptors (Lipinski definition) is 8. The Balaban J connectivity index is 1.38. The quantitative estimate of drug-likeness (QED) is 0.575. The van der Waals surface area contributed by atoms with E-state index in [1.54, 1.807) is 22.6 Å². The van der Waals surface area contributed by atoms with Crippen LogP contribution in [0.5, 0.6) is 0 Å². The summed E-state index contributed by atoms with van der Waals surface area (Å²) in [5.41, 5.74) is 2.68. The van der Waals surface area contributed by atoms with Crippen LogP contribution in [0.25, 0.3) is 11.0 Å². The van der Waals surface area contributed by atoms with E-state index in [1.165, 1.54) is 0 Å². The van der Waals surface area contributed by atoms with Gasteiger partial charge in [0.05, 0.1) is 10.4 Å². The zero-order valence-electron chi connectivity index (χ0n) is 18.0. The number of rotatable bonds is 4. The van der Waals surface area contributed by atoms with Crippen molar-refractivity contribution in [2.24, 2.45) is 0 Å². The lowest BCUT2D eigenvalue weighted by Crippen LogP contribution is -2.49. The second-order valence-corrected chi connectivity index (χ2v) is 11.2. The van der Waals surface area contributed by atoms with Gasteiger partial charge in [0.15, 0.2) is 5.82 Å². The first-order valence-corrected chi connectivity index (χ1v) is 13.4. The van der Waals surface area contributed by atoms with E-state index >= 15 is 0 Å². The Labute approximate surface area is 192 Å². The normalized spacial score (nSPS) is 18.3. The number of hydrogen-bond donors (Lipinski definition) is 0. The van der Waals surface area contributed by atoms with E-state index in [4.69, 9.17) is 9.97 Å². The van der Waals surface area contributed by atoms with Crippen molar-refractivity contribution >= 4 is 44.6 Å². The summed E-state index contributed by atoms with van der Waals surface area (Å²) >= 11 is 1.95. The average Bonchev–Trinajstić information content (AvgIpc) is 2.84. The third-order valence-corrected chi connectivity index (χ3v) is 8.77. The van der Waals surface area contributed by atoms with Gasteiger partial charge in [0.2, 0.25) is 16.0 Å². The Morgan fingerprint density at radius 1 is 0.875 bits per heavy atom. The van der Waals surface area contributed by atoms with Crippen molar-refractivity contribution in [3.05, 3.63) is 48.2 Å². The second kappa shape index (κ2) is 8.84. The summed E-state index contributed by atoms with van der Waals surface area (Å²) in [7, 11) is -3.50. The fraction of sp³-hybridized carbons (Fsp3) is 0.409. The minimum Gasteiger partial charge on any atom is -0.353 e. The summed E-state index contributed by atoms with van der Waals surface area (Å²) in [5, 5.41) is 0. The molecule has 32 heavy (non-hydrogen) atoms. The van der Waals surface area contributed by atoms with Gasteiger partial charge in [0, 0.05) is 57.0 Å². The van der Waals surface area contributed by atoms with Crippen molar-refractivity contribution in [2.45, 2.75) is 11.8 Å². The molecule has 0 aliphatic carbocycles. The number of piperazine rings is 1. The van der Waals surface area contributed by atoms with Crippen LogP contribution >= 0.6 is 11.8 Å². The van der Waals surface area contributed by atoms with E-state index in [2.05, 4.69) is 14.8 Å². The smallest absolute Gasteiger partial charge is 0.243 e. The summed E-state index contributed by atoms with van der Waals surface area (Å²) in [4.78, 5) is 18.9. The Bertz CT molecular complexity index is 1200. The van der Waals surface area contributed by atoms with Crippen LogP contribution in [0.2, 0.25) is 0 Å². The van der Waals surface area contributed by atoms with Crippen LogP contribution < -0.4 is 9.80 Å². The zero-order chi connectivity index (χ0) is 22.1. The number of anilines is 2. The SMILES string of the molecule is Cc1ccc(S(=O)(=O)N2CCN(c3nc(N4CCSCC4)c4ncccc4n3)CC2)cc1. The number of fused-ring (bicyclic) bond motifs is 1. The molecule has 0 radical (unpaired) electrons. The highest BCUT2D eigenvalue weighted by Gasteiger charge is 2.30. The molecule has 0 amide bonds. The highest BCUT2D eigenvalue weighted by atomic mass is 32.2. The zero-order valence-corrected chi connectivity index (χ0v) is 19.6. The van der Waals surface area contributed by atoms with Gasteiger partial charge in [-0.1, -0.05) is 17.7 Å². The van der Waals surface area contributed by atoms with Crippen LogP contribution in [-0.2, 0) is 10.0 Å². The number of sulfonamides is 1. The third-order valence-electron chi connectivity index (χ3n) is 5.92. The van der Waals surface area contributed by atoms with E-state index in [0.717, 1.165) is 47.0 Å². The van der Waals surface area contributed by atoms with Gasteiger partial charge in [-0.25, -0.2) is 13.4 Å². The van der Waals surface area contributed by atoms with Gasteiger partial charge in [-0.05, 0) is 31.2 Å². The van der Waals surface area contributed by atoms with Crippen molar-refractivity contribution in [3.8, 4) is 0 Å². The number of thioether (sulfide) groups is 1. The minimum absolute atomic E-state index is 0.342. The molecule has 0 atom stereocenters. The van der Waals surface area contributed by atoms with Crippen LogP contribution in [0.1, 0.15) is 5.56 Å². The maximum absolute atomic E-state index is 13.0. The van der Waals surface area contributed by atoms with Crippen molar-refractivity contribution in [1.29, 1.82) is 0 Å². The summed E-state index contributed by atoms with van der Waals surface area (Å²) in [6.45, 7) is 5.73. The molecule has 3 aromatic rings. The number of aromatic nitrogens is 3. The fourth-order valence-corrected chi connectivity index (χ4v) is 6.39. The van der Waals surface area contributed by atoms with Gasteiger partial charge in [-0.3, -0.25) is 4.98 Å². The molecular weight excluding hydrogens is 444 g/mol. The molecule has 10 heteroatoms. The van der Waals surface area contributed by atoms with Crippen molar-refractivity contribution in [2.75, 3.05) is 60.6 Å². The average molecular weight is 471 g/mol. The van der Waals surface area contributed by atoms with E-state index in [0.29, 0.717) is 37.0 Å². The van der Waals surface area contributed by atoms with Crippen molar-refractivity contribution < 1.29 is 8.42 Å². The first kappa shape index (κ1) is 21.4. The van der Waals surface area contributed by atoms with Crippen LogP contribution in [0.3, 0.4) is 0 Å². The van der Waals surface area contributed by atoms with Gasteiger partial charge < -0.3 is 9.80 Å². The van der Waals surface area contributed by atoms with E-state index in [9.17, 15) is 8.42 Å². The lowest BCUT2D eigenvalue weighted by molar-refractivity contribution is 0.382. The van der Waals surface area contributed by atoms with Gasteiger partial charge in [-0.2, -0.15) is 21.1 Å². The molecule has 0 bridgehead atoms. The summed E-state index contributed by atoms with van der Waals surface area (Å²) in [6, 6.07) is 10.9. The molecule has 2 aliphatic rings. The summed E-state index contributed by atoms with van der Waals surface area (Å²) < 4.78 is 27.6. The van der Waals surface area contributed by atoms with Crippen LogP contribution in [0.15, 0.2) is 47.5 Å². The van der Waals surface area contributed by atoms with Gasteiger partial charge in [-0.15, -0.1) is 0 Å². The number of benzene rings is 1. The minimum atomic E-state index is -3.50. The molecule has 0 spiro atoms. The Kier molecular flexibility index (Phi) is 5.92. The van der Waals surface area contributed by atoms with Crippen LogP contribution in [-0.4, -0.2) is 78.4 Å². The van der Waals surface area contributed by atoms with Crippen molar-refractivity contribution in [1.82, 2.24) is 19.3 Å². The Morgan fingerprint density at radius 3 is 2.31 bits per heavy atom. The molecule has 5 rings (SSSR count). The predicted octanol–water partition coefficient (Wildman–Crippen LogP) is 2.40. The predicted molar refractivity (Wildman–Crippen MR) is 129 cm³/mol. The highest BCUT2D eigenvalue weighted by Crippen LogP contribution is 2.28. The molecule has 8 nitrogen and oxygen atoms in total. The van der Waals surface area contributed by atoms with E-state index < -0.39 is 10.0 Å². The molecule has 2 fully saturated rings. The first-order valence-electron chi connectivity index (χ1n) is 10.8. The number of nitrogens with zero attached hydrogens (tertiary/aromatic N) is 6. The fourth-order valence-electron chi connectivity index (χ4n) is 4.06. The monoisotopic (exact) mass is 470 g/mol. The van der Waals surface area contributed by atoms with E-state index in [1.807, 2.05) is 43.0 Å². The molecule has 0 N–H and O–H groups in total. The molecule has 2 saturated heterocycles. The molecule has 168 valence electrons. The molecule has 2 aliphatic heterocycles. The third kappa shape index (κ3) is 4.14. The highest BCUT2D eigenvalue weighted by molar-refractivity contribution is 7.99. The van der Waals surface area contributed by atoms with Gasteiger partial charge in [0.1, 0.15) is 5.52 Å². The summed E-state index contributed by atoms with van der Waals surface area (Å²) in [6.07, 6.45) is 1.78. The lowest BCUT2D eigenvalue weighted by atomic mass is 10.2. The topological polar surface area (TPSA) is 82.5 Å². The maximum Gasteiger partial charge on any atom is 0.243 e. The summed E-state index contributed by atoms with van der Waals surface area (Å²) in [5.74, 6) is 3.67. The number of pyridine rings is 1. The lowest BCUT2D eigenvalue weighted by Gasteiger charge is -2.35. The Hall–Kier alpha value is -2.43. The maximum atomic E-state index is 13.0. The van der Waals surface area contributed by atoms with Crippen LogP contribution in [0, 0.1) is 6.92 Å². The molecular formula is C22H26N6O2S2. The first-order chi connectivity index (χ1) is 15.5. The standard InChI is InChI=1S/C22H26N6O2S2/c1-17-4-6-18(7-5-17)32(29,30)28-11-9-27(10-12-28)22-24-19-3-2-8-23-20(19)21(25-22)26-13-15-31-16-14-26/h2-8H,9-16H2,1H3. The van der Waals surface area contributed by atoms with Gasteiger partial charge in [0.25, 0.3) is 0 Å². The van der Waals surface area contributed by atoms with E-state index in [-0.39, 0.29) is 0 Å². The molecule has 2 aromatic heterocycles.